The fraction of sp³-hybridized carbons (Fsp3) is 0.448. The van der Waals surface area contributed by atoms with Gasteiger partial charge in [0.2, 0.25) is 5.91 Å². The minimum Gasteiger partial charge on any atom is -0.453 e. The van der Waals surface area contributed by atoms with Gasteiger partial charge in [0.15, 0.2) is 5.96 Å². The average molecular weight is 556 g/mol. The topological polar surface area (TPSA) is 124 Å². The number of rotatable bonds is 12. The van der Waals surface area contributed by atoms with Crippen LogP contribution in [0.15, 0.2) is 54.6 Å². The SMILES string of the molecule is COC(=O)N[C@@H](Cc1ccccc1Cl)C(=O)NC(C)CCCN1C(=N)NC(CC(C)C)(c2ccccc2)C1=O. The van der Waals surface area contributed by atoms with Crippen LogP contribution in [0.3, 0.4) is 0 Å². The highest BCUT2D eigenvalue weighted by Crippen LogP contribution is 2.35. The zero-order valence-electron chi connectivity index (χ0n) is 22.9. The predicted molar refractivity (Wildman–Crippen MR) is 151 cm³/mol. The molecule has 0 radical (unpaired) electrons. The lowest BCUT2D eigenvalue weighted by molar-refractivity contribution is -0.132. The van der Waals surface area contributed by atoms with E-state index >= 15 is 0 Å². The van der Waals surface area contributed by atoms with Gasteiger partial charge in [0.25, 0.3) is 5.91 Å². The second-order valence-corrected chi connectivity index (χ2v) is 10.7. The van der Waals surface area contributed by atoms with Gasteiger partial charge in [-0.05, 0) is 49.3 Å². The van der Waals surface area contributed by atoms with Gasteiger partial charge in [-0.3, -0.25) is 19.9 Å². The summed E-state index contributed by atoms with van der Waals surface area (Å²) in [6.07, 6.45) is 1.21. The van der Waals surface area contributed by atoms with Crippen LogP contribution in [-0.2, 0) is 26.3 Å². The van der Waals surface area contributed by atoms with Gasteiger partial charge in [0.05, 0.1) is 7.11 Å². The smallest absolute Gasteiger partial charge is 0.407 e. The highest BCUT2D eigenvalue weighted by atomic mass is 35.5. The molecular formula is C29H38ClN5O4. The Morgan fingerprint density at radius 1 is 1.08 bits per heavy atom. The first-order valence-corrected chi connectivity index (χ1v) is 13.6. The molecule has 10 heteroatoms. The first kappa shape index (κ1) is 30.0. The Kier molecular flexibility index (Phi) is 10.3. The number of benzene rings is 2. The Morgan fingerprint density at radius 3 is 2.38 bits per heavy atom. The lowest BCUT2D eigenvalue weighted by Gasteiger charge is -2.29. The van der Waals surface area contributed by atoms with Crippen LogP contribution in [0.1, 0.15) is 51.2 Å². The third-order valence-corrected chi connectivity index (χ3v) is 7.15. The van der Waals surface area contributed by atoms with Crippen LogP contribution < -0.4 is 16.0 Å². The van der Waals surface area contributed by atoms with Crippen LogP contribution in [0.5, 0.6) is 0 Å². The molecule has 0 bridgehead atoms. The van der Waals surface area contributed by atoms with Crippen LogP contribution in [-0.4, -0.2) is 54.5 Å². The Bertz CT molecular complexity index is 1180. The van der Waals surface area contributed by atoms with Gasteiger partial charge >= 0.3 is 6.09 Å². The molecule has 0 saturated carbocycles. The van der Waals surface area contributed by atoms with Crippen molar-refractivity contribution in [1.29, 1.82) is 5.41 Å². The van der Waals surface area contributed by atoms with E-state index in [-0.39, 0.29) is 36.2 Å². The van der Waals surface area contributed by atoms with Gasteiger partial charge in [0, 0.05) is 24.0 Å². The Labute approximate surface area is 235 Å². The van der Waals surface area contributed by atoms with E-state index in [4.69, 9.17) is 21.7 Å². The third-order valence-electron chi connectivity index (χ3n) is 6.78. The number of amides is 3. The Morgan fingerprint density at radius 2 is 1.74 bits per heavy atom. The molecule has 2 aromatic carbocycles. The summed E-state index contributed by atoms with van der Waals surface area (Å²) in [4.78, 5) is 40.1. The molecule has 2 aromatic rings. The van der Waals surface area contributed by atoms with Gasteiger partial charge in [0.1, 0.15) is 11.6 Å². The van der Waals surface area contributed by atoms with Crippen LogP contribution >= 0.6 is 11.6 Å². The molecule has 1 aliphatic rings. The molecule has 210 valence electrons. The van der Waals surface area contributed by atoms with E-state index in [1.807, 2.05) is 43.3 Å². The average Bonchev–Trinajstić information content (AvgIpc) is 3.14. The monoisotopic (exact) mass is 555 g/mol. The lowest BCUT2D eigenvalue weighted by Crippen LogP contribution is -2.50. The van der Waals surface area contributed by atoms with Gasteiger partial charge < -0.3 is 20.7 Å². The molecule has 1 saturated heterocycles. The van der Waals surface area contributed by atoms with Crippen LogP contribution in [0.2, 0.25) is 5.02 Å². The summed E-state index contributed by atoms with van der Waals surface area (Å²) in [5.41, 5.74) is 0.613. The van der Waals surface area contributed by atoms with Crippen molar-refractivity contribution in [3.63, 3.8) is 0 Å². The van der Waals surface area contributed by atoms with Crippen molar-refractivity contribution in [3.05, 3.63) is 70.7 Å². The predicted octanol–water partition coefficient (Wildman–Crippen LogP) is 4.20. The summed E-state index contributed by atoms with van der Waals surface area (Å²) < 4.78 is 4.69. The van der Waals surface area contributed by atoms with Crippen molar-refractivity contribution in [1.82, 2.24) is 20.9 Å². The van der Waals surface area contributed by atoms with Crippen molar-refractivity contribution in [2.45, 2.75) is 64.1 Å². The van der Waals surface area contributed by atoms with E-state index < -0.39 is 17.7 Å². The molecule has 9 nitrogen and oxygen atoms in total. The fourth-order valence-electron chi connectivity index (χ4n) is 4.92. The maximum atomic E-state index is 13.6. The molecule has 0 spiro atoms. The molecule has 1 heterocycles. The lowest BCUT2D eigenvalue weighted by atomic mass is 9.82. The third kappa shape index (κ3) is 7.50. The maximum absolute atomic E-state index is 13.6. The molecule has 1 aliphatic heterocycles. The Balaban J connectivity index is 1.61. The minimum absolute atomic E-state index is 0.0864. The highest BCUT2D eigenvalue weighted by molar-refractivity contribution is 6.31. The number of alkyl carbamates (subject to hydrolysis) is 1. The summed E-state index contributed by atoms with van der Waals surface area (Å²) in [6.45, 7) is 6.33. The van der Waals surface area contributed by atoms with Gasteiger partial charge in [-0.15, -0.1) is 0 Å². The number of nitrogens with one attached hydrogen (secondary N) is 4. The molecule has 2 unspecified atom stereocenters. The summed E-state index contributed by atoms with van der Waals surface area (Å²) >= 11 is 6.26. The number of hydrogen-bond acceptors (Lipinski definition) is 5. The van der Waals surface area contributed by atoms with Crippen molar-refractivity contribution < 1.29 is 19.1 Å². The zero-order valence-corrected chi connectivity index (χ0v) is 23.7. The van der Waals surface area contributed by atoms with Gasteiger partial charge in [-0.1, -0.05) is 74.0 Å². The molecule has 39 heavy (non-hydrogen) atoms. The van der Waals surface area contributed by atoms with Crippen LogP contribution in [0.4, 0.5) is 4.79 Å². The van der Waals surface area contributed by atoms with Crippen molar-refractivity contribution >= 4 is 35.5 Å². The molecule has 3 amide bonds. The summed E-state index contributed by atoms with van der Waals surface area (Å²) in [5, 5.41) is 17.7. The molecule has 1 fully saturated rings. The van der Waals surface area contributed by atoms with Crippen molar-refractivity contribution in [3.8, 4) is 0 Å². The first-order chi connectivity index (χ1) is 18.6. The number of methoxy groups -OCH3 is 1. The van der Waals surface area contributed by atoms with E-state index in [1.165, 1.54) is 12.0 Å². The summed E-state index contributed by atoms with van der Waals surface area (Å²) in [7, 11) is 1.24. The number of guanidine groups is 1. The van der Waals surface area contributed by atoms with E-state index in [0.29, 0.717) is 30.8 Å². The number of halogens is 1. The molecule has 4 N–H and O–H groups in total. The highest BCUT2D eigenvalue weighted by Gasteiger charge is 2.50. The van der Waals surface area contributed by atoms with E-state index in [1.54, 1.807) is 18.2 Å². The second kappa shape index (κ2) is 13.5. The van der Waals surface area contributed by atoms with Crippen LogP contribution in [0, 0.1) is 11.3 Å². The quantitative estimate of drug-likeness (QED) is 0.312. The molecular weight excluding hydrogens is 518 g/mol. The largest absolute Gasteiger partial charge is 0.453 e. The van der Waals surface area contributed by atoms with E-state index in [9.17, 15) is 14.4 Å². The second-order valence-electron chi connectivity index (χ2n) is 10.3. The van der Waals surface area contributed by atoms with E-state index in [2.05, 4.69) is 29.8 Å². The standard InChI is InChI=1S/C29H38ClN5O4/c1-19(2)18-29(22-13-6-5-7-14-22)26(37)35(27(31)34-29)16-10-11-20(3)32-25(36)24(33-28(38)39-4)17-21-12-8-9-15-23(21)30/h5-9,12-15,19-20,24H,10-11,16-18H2,1-4H3,(H2,31,34)(H,32,36)(H,33,38)/t20?,24-,29?/m0/s1. The molecule has 0 aliphatic carbocycles. The van der Waals surface area contributed by atoms with Crippen LogP contribution in [0.25, 0.3) is 0 Å². The molecule has 0 aromatic heterocycles. The summed E-state index contributed by atoms with van der Waals surface area (Å²) in [5.74, 6) is -0.170. The number of ether oxygens (including phenoxy) is 1. The first-order valence-electron chi connectivity index (χ1n) is 13.2. The fourth-order valence-corrected chi connectivity index (χ4v) is 5.13. The molecule has 3 rings (SSSR count). The van der Waals surface area contributed by atoms with Gasteiger partial charge in [-0.25, -0.2) is 4.79 Å². The Hall–Kier alpha value is -3.59. The number of nitrogens with zero attached hydrogens (tertiary/aromatic N) is 1. The number of carbonyl (C=O) groups excluding carboxylic acids is 3. The summed E-state index contributed by atoms with van der Waals surface area (Å²) in [6, 6.07) is 15.6. The van der Waals surface area contributed by atoms with E-state index in [0.717, 1.165) is 11.1 Å². The minimum atomic E-state index is -0.960. The van der Waals surface area contributed by atoms with Crippen molar-refractivity contribution in [2.24, 2.45) is 5.92 Å². The number of hydrogen-bond donors (Lipinski definition) is 4. The molecule has 3 atom stereocenters. The number of carbonyl (C=O) groups is 3. The zero-order chi connectivity index (χ0) is 28.6. The van der Waals surface area contributed by atoms with Crippen molar-refractivity contribution in [2.75, 3.05) is 13.7 Å². The maximum Gasteiger partial charge on any atom is 0.407 e. The van der Waals surface area contributed by atoms with Gasteiger partial charge in [-0.2, -0.15) is 0 Å². The normalized spacial score (nSPS) is 18.5.